The molecule has 0 spiro atoms. The fourth-order valence-corrected chi connectivity index (χ4v) is 5.60. The first kappa shape index (κ1) is 27.2. The van der Waals surface area contributed by atoms with Crippen LogP contribution in [0.4, 0.5) is 5.00 Å². The Hall–Kier alpha value is -3.82. The summed E-state index contributed by atoms with van der Waals surface area (Å²) in [6.07, 6.45) is 4.14. The molecule has 0 saturated carbocycles. The maximum absolute atomic E-state index is 12.8. The first-order chi connectivity index (χ1) is 18.3. The summed E-state index contributed by atoms with van der Waals surface area (Å²) in [5, 5.41) is 3.76. The monoisotopic (exact) mass is 555 g/mol. The van der Waals surface area contributed by atoms with Gasteiger partial charge in [0, 0.05) is 16.0 Å². The van der Waals surface area contributed by atoms with E-state index in [1.165, 1.54) is 38.7 Å². The second-order valence-corrected chi connectivity index (χ2v) is 9.94. The quantitative estimate of drug-likeness (QED) is 0.270. The molecule has 0 saturated heterocycles. The molecular formula is C28H26ClNO7S. The number of thiophene rings is 1. The lowest BCUT2D eigenvalue weighted by atomic mass is 9.99. The minimum absolute atomic E-state index is 0.200. The van der Waals surface area contributed by atoms with E-state index in [-0.39, 0.29) is 5.56 Å². The average molecular weight is 556 g/mol. The predicted octanol–water partition coefficient (Wildman–Crippen LogP) is 5.63. The van der Waals surface area contributed by atoms with Crippen LogP contribution in [0.25, 0.3) is 6.08 Å². The molecule has 0 fully saturated rings. The number of amides is 1. The van der Waals surface area contributed by atoms with Crippen LogP contribution in [0, 0.1) is 0 Å². The van der Waals surface area contributed by atoms with Crippen molar-refractivity contribution in [2.45, 2.75) is 25.4 Å². The number of hydrogen-bond donors (Lipinski definition) is 1. The van der Waals surface area contributed by atoms with E-state index in [1.54, 1.807) is 36.4 Å². The molecule has 8 nitrogen and oxygen atoms in total. The molecule has 3 aromatic rings. The largest absolute Gasteiger partial charge is 0.493 e. The van der Waals surface area contributed by atoms with Gasteiger partial charge in [-0.1, -0.05) is 29.8 Å². The molecule has 0 radical (unpaired) electrons. The number of nitrogens with one attached hydrogen (secondary N) is 1. The Kier molecular flexibility index (Phi) is 8.70. The van der Waals surface area contributed by atoms with Gasteiger partial charge in [0.05, 0.1) is 32.8 Å². The molecule has 1 aliphatic carbocycles. The number of methoxy groups -OCH3 is 3. The van der Waals surface area contributed by atoms with Gasteiger partial charge in [-0.3, -0.25) is 9.59 Å². The summed E-state index contributed by atoms with van der Waals surface area (Å²) in [4.78, 5) is 38.4. The number of ether oxygens (including phenoxy) is 4. The zero-order valence-electron chi connectivity index (χ0n) is 21.0. The Morgan fingerprint density at radius 2 is 1.82 bits per heavy atom. The first-order valence-electron chi connectivity index (χ1n) is 11.7. The molecule has 1 aliphatic rings. The number of fused-ring (bicyclic) bond motifs is 1. The molecule has 1 unspecified atom stereocenters. The molecule has 0 aliphatic heterocycles. The van der Waals surface area contributed by atoms with Crippen LogP contribution in [0.3, 0.4) is 0 Å². The number of aryl methyl sites for hydroxylation is 1. The Morgan fingerprint density at radius 1 is 1.05 bits per heavy atom. The first-order valence-corrected chi connectivity index (χ1v) is 12.9. The van der Waals surface area contributed by atoms with Crippen molar-refractivity contribution in [1.29, 1.82) is 0 Å². The SMILES string of the molecule is COC(=O)c1c(NC(=O)/C=C/c2ccc(OCc3ccc(Cl)cc3)c(OC)c2)sc2c1C(C(=O)OC)CC2. The standard InChI is InChI=1S/C28H26ClNO7S/c1-34-21-14-16(6-11-20(21)37-15-17-4-8-18(29)9-5-17)7-13-23(31)30-26-25(28(33)36-3)24-19(27(32)35-2)10-12-22(24)38-26/h4-9,11,13-14,19H,10,12,15H2,1-3H3,(H,30,31)/b13-7+. The van der Waals surface area contributed by atoms with Crippen molar-refractivity contribution < 1.29 is 33.3 Å². The molecule has 1 atom stereocenters. The van der Waals surface area contributed by atoms with Gasteiger partial charge in [-0.25, -0.2) is 4.79 Å². The van der Waals surface area contributed by atoms with Gasteiger partial charge in [0.15, 0.2) is 11.5 Å². The molecule has 0 bridgehead atoms. The van der Waals surface area contributed by atoms with Gasteiger partial charge >= 0.3 is 11.9 Å². The van der Waals surface area contributed by atoms with Crippen LogP contribution in [0.2, 0.25) is 5.02 Å². The molecular weight excluding hydrogens is 530 g/mol. The Bertz CT molecular complexity index is 1380. The zero-order valence-corrected chi connectivity index (χ0v) is 22.6. The summed E-state index contributed by atoms with van der Waals surface area (Å²) < 4.78 is 21.2. The van der Waals surface area contributed by atoms with Gasteiger partial charge in [-0.15, -0.1) is 11.3 Å². The van der Waals surface area contributed by atoms with Crippen molar-refractivity contribution in [2.24, 2.45) is 0 Å². The summed E-state index contributed by atoms with van der Waals surface area (Å²) in [5.41, 5.74) is 2.45. The second kappa shape index (κ2) is 12.1. The minimum atomic E-state index is -0.614. The minimum Gasteiger partial charge on any atom is -0.493 e. The van der Waals surface area contributed by atoms with E-state index in [9.17, 15) is 14.4 Å². The molecule has 1 amide bonds. The number of carbonyl (C=O) groups is 3. The van der Waals surface area contributed by atoms with Gasteiger partial charge in [-0.2, -0.15) is 0 Å². The molecule has 1 heterocycles. The zero-order chi connectivity index (χ0) is 27.2. The van der Waals surface area contributed by atoms with Crippen molar-refractivity contribution in [2.75, 3.05) is 26.6 Å². The van der Waals surface area contributed by atoms with Gasteiger partial charge in [0.2, 0.25) is 5.91 Å². The van der Waals surface area contributed by atoms with Crippen LogP contribution in [-0.4, -0.2) is 39.2 Å². The third kappa shape index (κ3) is 6.00. The number of esters is 2. The summed E-state index contributed by atoms with van der Waals surface area (Å²) in [6, 6.07) is 12.7. The van der Waals surface area contributed by atoms with Crippen LogP contribution in [0.15, 0.2) is 48.5 Å². The van der Waals surface area contributed by atoms with Gasteiger partial charge in [0.25, 0.3) is 0 Å². The normalized spacial score (nSPS) is 14.2. The van der Waals surface area contributed by atoms with Crippen LogP contribution in [0.1, 0.15) is 44.3 Å². The highest BCUT2D eigenvalue weighted by Gasteiger charge is 2.38. The van der Waals surface area contributed by atoms with E-state index in [1.807, 2.05) is 12.1 Å². The third-order valence-electron chi connectivity index (χ3n) is 6.06. The third-order valence-corrected chi connectivity index (χ3v) is 7.50. The highest BCUT2D eigenvalue weighted by Crippen LogP contribution is 2.46. The average Bonchev–Trinajstić information content (AvgIpc) is 3.49. The Morgan fingerprint density at radius 3 is 2.50 bits per heavy atom. The van der Waals surface area contributed by atoms with Crippen molar-refractivity contribution >= 4 is 51.9 Å². The summed E-state index contributed by atoms with van der Waals surface area (Å²) in [5.74, 6) is -0.963. The number of hydrogen-bond acceptors (Lipinski definition) is 8. The van der Waals surface area contributed by atoms with Crippen LogP contribution in [-0.2, 0) is 32.1 Å². The van der Waals surface area contributed by atoms with E-state index in [0.717, 1.165) is 10.4 Å². The summed E-state index contributed by atoms with van der Waals surface area (Å²) in [6.45, 7) is 0.343. The van der Waals surface area contributed by atoms with Gasteiger partial charge < -0.3 is 24.3 Å². The highest BCUT2D eigenvalue weighted by atomic mass is 35.5. The molecule has 10 heteroatoms. The van der Waals surface area contributed by atoms with Crippen molar-refractivity contribution in [3.8, 4) is 11.5 Å². The number of anilines is 1. The maximum atomic E-state index is 12.8. The van der Waals surface area contributed by atoms with Gasteiger partial charge in [-0.05, 0) is 59.9 Å². The van der Waals surface area contributed by atoms with Crippen molar-refractivity contribution in [1.82, 2.24) is 0 Å². The number of halogens is 1. The lowest BCUT2D eigenvalue weighted by Gasteiger charge is -2.12. The molecule has 1 aromatic heterocycles. The fraction of sp³-hybridized carbons (Fsp3) is 0.250. The number of benzene rings is 2. The van der Waals surface area contributed by atoms with Crippen molar-refractivity contribution in [3.05, 3.63) is 80.7 Å². The Balaban J connectivity index is 1.47. The van der Waals surface area contributed by atoms with Crippen molar-refractivity contribution in [3.63, 3.8) is 0 Å². The highest BCUT2D eigenvalue weighted by molar-refractivity contribution is 7.17. The summed E-state index contributed by atoms with van der Waals surface area (Å²) >= 11 is 7.19. The maximum Gasteiger partial charge on any atom is 0.341 e. The molecule has 4 rings (SSSR count). The Labute approximate surface area is 229 Å². The molecule has 38 heavy (non-hydrogen) atoms. The van der Waals surface area contributed by atoms with E-state index >= 15 is 0 Å². The topological polar surface area (TPSA) is 100 Å². The smallest absolute Gasteiger partial charge is 0.341 e. The van der Waals surface area contributed by atoms with Gasteiger partial charge in [0.1, 0.15) is 11.6 Å². The second-order valence-electron chi connectivity index (χ2n) is 8.40. The van der Waals surface area contributed by atoms with E-state index in [2.05, 4.69) is 5.32 Å². The molecule has 1 N–H and O–H groups in total. The van der Waals surface area contributed by atoms with Crippen LogP contribution >= 0.6 is 22.9 Å². The number of carbonyl (C=O) groups excluding carboxylic acids is 3. The fourth-order valence-electron chi connectivity index (χ4n) is 4.21. The van der Waals surface area contributed by atoms with E-state index in [4.69, 9.17) is 30.5 Å². The lowest BCUT2D eigenvalue weighted by Crippen LogP contribution is -2.16. The number of rotatable bonds is 9. The summed E-state index contributed by atoms with van der Waals surface area (Å²) in [7, 11) is 4.11. The lowest BCUT2D eigenvalue weighted by molar-refractivity contribution is -0.142. The molecule has 198 valence electrons. The van der Waals surface area contributed by atoms with E-state index < -0.39 is 23.8 Å². The van der Waals surface area contributed by atoms with E-state index in [0.29, 0.717) is 52.1 Å². The van der Waals surface area contributed by atoms with Crippen LogP contribution < -0.4 is 14.8 Å². The molecule has 2 aromatic carbocycles. The predicted molar refractivity (Wildman–Crippen MR) is 145 cm³/mol. The van der Waals surface area contributed by atoms with Crippen LogP contribution in [0.5, 0.6) is 11.5 Å².